The Morgan fingerprint density at radius 2 is 2.36 bits per heavy atom. The number of aromatic nitrogens is 1. The van der Waals surface area contributed by atoms with Gasteiger partial charge in [-0.1, -0.05) is 0 Å². The van der Waals surface area contributed by atoms with Gasteiger partial charge in [-0.25, -0.2) is 4.98 Å². The van der Waals surface area contributed by atoms with Gasteiger partial charge in [0, 0.05) is 12.1 Å². The molecular formula is C11H16N2O. The maximum Gasteiger partial charge on any atom is 0.213 e. The Balaban J connectivity index is 1.91. The van der Waals surface area contributed by atoms with Gasteiger partial charge < -0.3 is 10.1 Å². The van der Waals surface area contributed by atoms with Crippen molar-refractivity contribution in [2.24, 2.45) is 0 Å². The summed E-state index contributed by atoms with van der Waals surface area (Å²) in [7, 11) is 0. The van der Waals surface area contributed by atoms with Crippen LogP contribution in [0.15, 0.2) is 18.3 Å². The molecule has 1 fully saturated rings. The fourth-order valence-corrected chi connectivity index (χ4v) is 1.49. The van der Waals surface area contributed by atoms with Crippen LogP contribution in [0.1, 0.15) is 26.2 Å². The molecule has 2 rings (SSSR count). The molecule has 1 heterocycles. The van der Waals surface area contributed by atoms with Gasteiger partial charge in [0.15, 0.2) is 0 Å². The molecule has 0 aromatic carbocycles. The van der Waals surface area contributed by atoms with Gasteiger partial charge in [0.2, 0.25) is 5.88 Å². The summed E-state index contributed by atoms with van der Waals surface area (Å²) in [5.74, 6) is 0.701. The number of hydrogen-bond acceptors (Lipinski definition) is 3. The van der Waals surface area contributed by atoms with Crippen LogP contribution in [0, 0.1) is 0 Å². The smallest absolute Gasteiger partial charge is 0.213 e. The molecule has 1 saturated carbocycles. The molecule has 76 valence electrons. The molecule has 1 N–H and O–H groups in total. The Hall–Kier alpha value is -1.25. The number of anilines is 1. The van der Waals surface area contributed by atoms with Gasteiger partial charge in [-0.2, -0.15) is 0 Å². The lowest BCUT2D eigenvalue weighted by Crippen LogP contribution is -2.26. The normalized spacial score (nSPS) is 16.1. The number of ether oxygens (including phenoxy) is 1. The SMILES string of the molecule is CCOc1ccc(NC2CCC2)cn1. The molecule has 1 aliphatic rings. The van der Waals surface area contributed by atoms with Crippen molar-refractivity contribution in [1.29, 1.82) is 0 Å². The number of nitrogens with zero attached hydrogens (tertiary/aromatic N) is 1. The number of pyridine rings is 1. The number of hydrogen-bond donors (Lipinski definition) is 1. The van der Waals surface area contributed by atoms with Gasteiger partial charge in [-0.15, -0.1) is 0 Å². The van der Waals surface area contributed by atoms with Crippen LogP contribution in [0.25, 0.3) is 0 Å². The summed E-state index contributed by atoms with van der Waals surface area (Å²) in [6.07, 6.45) is 5.76. The Bertz CT molecular complexity index is 280. The Morgan fingerprint density at radius 3 is 2.86 bits per heavy atom. The van der Waals surface area contributed by atoms with Crippen molar-refractivity contribution in [2.75, 3.05) is 11.9 Å². The van der Waals surface area contributed by atoms with E-state index >= 15 is 0 Å². The zero-order chi connectivity index (χ0) is 9.80. The highest BCUT2D eigenvalue weighted by atomic mass is 16.5. The van der Waals surface area contributed by atoms with Gasteiger partial charge in [-0.05, 0) is 32.3 Å². The van der Waals surface area contributed by atoms with Crippen LogP contribution in [-0.4, -0.2) is 17.6 Å². The molecule has 1 aromatic rings. The maximum absolute atomic E-state index is 5.27. The molecule has 1 aliphatic carbocycles. The summed E-state index contributed by atoms with van der Waals surface area (Å²) in [6, 6.07) is 4.59. The second kappa shape index (κ2) is 4.31. The molecule has 0 radical (unpaired) electrons. The topological polar surface area (TPSA) is 34.1 Å². The Labute approximate surface area is 84.5 Å². The van der Waals surface area contributed by atoms with Crippen LogP contribution in [0.4, 0.5) is 5.69 Å². The first-order valence-corrected chi connectivity index (χ1v) is 5.24. The minimum absolute atomic E-state index is 0.662. The second-order valence-electron chi connectivity index (χ2n) is 3.59. The third-order valence-corrected chi connectivity index (χ3v) is 2.50. The van der Waals surface area contributed by atoms with Gasteiger partial charge in [-0.3, -0.25) is 0 Å². The van der Waals surface area contributed by atoms with E-state index < -0.39 is 0 Å². The molecule has 0 unspecified atom stereocenters. The highest BCUT2D eigenvalue weighted by Gasteiger charge is 2.16. The standard InChI is InChI=1S/C11H16N2O/c1-2-14-11-7-6-10(8-12-11)13-9-4-3-5-9/h6-9,13H,2-5H2,1H3. The fourth-order valence-electron chi connectivity index (χ4n) is 1.49. The monoisotopic (exact) mass is 192 g/mol. The van der Waals surface area contributed by atoms with E-state index in [1.807, 2.05) is 25.3 Å². The van der Waals surface area contributed by atoms with E-state index in [2.05, 4.69) is 10.3 Å². The van der Waals surface area contributed by atoms with Crippen molar-refractivity contribution in [1.82, 2.24) is 4.98 Å². The van der Waals surface area contributed by atoms with Crippen LogP contribution in [0.5, 0.6) is 5.88 Å². The highest BCUT2D eigenvalue weighted by Crippen LogP contribution is 2.23. The minimum Gasteiger partial charge on any atom is -0.478 e. The molecule has 3 nitrogen and oxygen atoms in total. The first kappa shape index (κ1) is 9.31. The average molecular weight is 192 g/mol. The van der Waals surface area contributed by atoms with Crippen LogP contribution < -0.4 is 10.1 Å². The van der Waals surface area contributed by atoms with Crippen LogP contribution in [0.3, 0.4) is 0 Å². The van der Waals surface area contributed by atoms with Gasteiger partial charge in [0.25, 0.3) is 0 Å². The third kappa shape index (κ3) is 2.16. The Kier molecular flexibility index (Phi) is 2.87. The van der Waals surface area contributed by atoms with Crippen molar-refractivity contribution >= 4 is 5.69 Å². The summed E-state index contributed by atoms with van der Waals surface area (Å²) >= 11 is 0. The van der Waals surface area contributed by atoms with E-state index in [0.717, 1.165) is 5.69 Å². The van der Waals surface area contributed by atoms with Crippen molar-refractivity contribution < 1.29 is 4.74 Å². The first-order valence-electron chi connectivity index (χ1n) is 5.24. The predicted octanol–water partition coefficient (Wildman–Crippen LogP) is 2.44. The van der Waals surface area contributed by atoms with E-state index in [1.54, 1.807) is 0 Å². The second-order valence-corrected chi connectivity index (χ2v) is 3.59. The molecule has 0 bridgehead atoms. The van der Waals surface area contributed by atoms with Crippen molar-refractivity contribution in [3.63, 3.8) is 0 Å². The zero-order valence-corrected chi connectivity index (χ0v) is 8.49. The molecule has 0 amide bonds. The summed E-state index contributed by atoms with van der Waals surface area (Å²) in [5, 5.41) is 3.43. The largest absolute Gasteiger partial charge is 0.478 e. The van der Waals surface area contributed by atoms with Crippen molar-refractivity contribution in [3.8, 4) is 5.88 Å². The molecule has 3 heteroatoms. The lowest BCUT2D eigenvalue weighted by Gasteiger charge is -2.27. The lowest BCUT2D eigenvalue weighted by molar-refractivity contribution is 0.327. The molecule has 0 saturated heterocycles. The summed E-state index contributed by atoms with van der Waals surface area (Å²) in [4.78, 5) is 4.20. The number of nitrogens with one attached hydrogen (secondary N) is 1. The number of rotatable bonds is 4. The molecular weight excluding hydrogens is 176 g/mol. The van der Waals surface area contributed by atoms with E-state index in [0.29, 0.717) is 18.5 Å². The van der Waals surface area contributed by atoms with E-state index in [4.69, 9.17) is 4.74 Å². The molecule has 0 atom stereocenters. The van der Waals surface area contributed by atoms with Crippen LogP contribution >= 0.6 is 0 Å². The maximum atomic E-state index is 5.27. The molecule has 14 heavy (non-hydrogen) atoms. The summed E-state index contributed by atoms with van der Waals surface area (Å²) < 4.78 is 5.27. The average Bonchev–Trinajstić information content (AvgIpc) is 2.14. The van der Waals surface area contributed by atoms with Gasteiger partial charge >= 0.3 is 0 Å². The third-order valence-electron chi connectivity index (χ3n) is 2.50. The molecule has 0 spiro atoms. The quantitative estimate of drug-likeness (QED) is 0.795. The highest BCUT2D eigenvalue weighted by molar-refractivity contribution is 5.43. The van der Waals surface area contributed by atoms with Crippen LogP contribution in [-0.2, 0) is 0 Å². The fraction of sp³-hybridized carbons (Fsp3) is 0.545. The lowest BCUT2D eigenvalue weighted by atomic mass is 9.93. The first-order chi connectivity index (χ1) is 6.88. The zero-order valence-electron chi connectivity index (χ0n) is 8.49. The van der Waals surface area contributed by atoms with Gasteiger partial charge in [0.1, 0.15) is 0 Å². The van der Waals surface area contributed by atoms with E-state index in [-0.39, 0.29) is 0 Å². The van der Waals surface area contributed by atoms with Crippen molar-refractivity contribution in [2.45, 2.75) is 32.2 Å². The summed E-state index contributed by atoms with van der Waals surface area (Å²) in [5.41, 5.74) is 1.10. The van der Waals surface area contributed by atoms with E-state index in [9.17, 15) is 0 Å². The Morgan fingerprint density at radius 1 is 1.50 bits per heavy atom. The predicted molar refractivity (Wildman–Crippen MR) is 56.7 cm³/mol. The molecule has 0 aliphatic heterocycles. The van der Waals surface area contributed by atoms with Gasteiger partial charge in [0.05, 0.1) is 18.5 Å². The van der Waals surface area contributed by atoms with Crippen LogP contribution in [0.2, 0.25) is 0 Å². The van der Waals surface area contributed by atoms with Crippen molar-refractivity contribution in [3.05, 3.63) is 18.3 Å². The summed E-state index contributed by atoms with van der Waals surface area (Å²) in [6.45, 7) is 2.63. The molecule has 1 aromatic heterocycles. The minimum atomic E-state index is 0.662. The van der Waals surface area contributed by atoms with E-state index in [1.165, 1.54) is 19.3 Å².